The number of nitrogen functional groups attached to an aromatic ring is 1. The first-order valence-electron chi connectivity index (χ1n) is 7.32. The molecule has 20 heavy (non-hydrogen) atoms. The number of aryl methyl sites for hydroxylation is 1. The van der Waals surface area contributed by atoms with Crippen molar-refractivity contribution in [3.63, 3.8) is 0 Å². The molecule has 2 heterocycles. The van der Waals surface area contributed by atoms with E-state index < -0.39 is 0 Å². The van der Waals surface area contributed by atoms with Crippen molar-refractivity contribution in [1.29, 1.82) is 5.26 Å². The molecule has 2 saturated heterocycles. The molecule has 0 radical (unpaired) electrons. The normalized spacial score (nSPS) is 25.6. The van der Waals surface area contributed by atoms with E-state index in [1.807, 2.05) is 13.0 Å². The number of rotatable bonds is 3. The van der Waals surface area contributed by atoms with Gasteiger partial charge in [0.05, 0.1) is 23.5 Å². The summed E-state index contributed by atoms with van der Waals surface area (Å²) < 4.78 is 5.85. The van der Waals surface area contributed by atoms with Crippen molar-refractivity contribution in [1.82, 2.24) is 4.90 Å². The molecule has 4 nitrogen and oxygen atoms in total. The maximum Gasteiger partial charge on any atom is 0.101 e. The minimum absolute atomic E-state index is 0.441. The lowest BCUT2D eigenvalue weighted by Gasteiger charge is -2.32. The number of hydrogen-bond donors (Lipinski definition) is 1. The molecule has 4 heteroatoms. The van der Waals surface area contributed by atoms with E-state index >= 15 is 0 Å². The molecule has 2 bridgehead atoms. The number of anilines is 1. The summed E-state index contributed by atoms with van der Waals surface area (Å²) in [5.74, 6) is 0. The highest BCUT2D eigenvalue weighted by molar-refractivity contribution is 5.60. The van der Waals surface area contributed by atoms with E-state index in [9.17, 15) is 0 Å². The third kappa shape index (κ3) is 2.65. The van der Waals surface area contributed by atoms with E-state index in [-0.39, 0.29) is 0 Å². The van der Waals surface area contributed by atoms with Crippen LogP contribution in [0.3, 0.4) is 0 Å². The van der Waals surface area contributed by atoms with Gasteiger partial charge < -0.3 is 10.5 Å². The Morgan fingerprint density at radius 1 is 1.35 bits per heavy atom. The molecule has 2 fully saturated rings. The topological polar surface area (TPSA) is 62.3 Å². The van der Waals surface area contributed by atoms with E-state index in [1.54, 1.807) is 0 Å². The molecule has 2 aliphatic heterocycles. The van der Waals surface area contributed by atoms with Crippen LogP contribution in [-0.2, 0) is 11.2 Å². The Morgan fingerprint density at radius 3 is 2.70 bits per heavy atom. The fraction of sp³-hybridized carbons (Fsp3) is 0.562. The van der Waals surface area contributed by atoms with Gasteiger partial charge in [0.1, 0.15) is 6.07 Å². The van der Waals surface area contributed by atoms with Gasteiger partial charge in [0, 0.05) is 19.6 Å². The highest BCUT2D eigenvalue weighted by atomic mass is 16.5. The molecule has 0 amide bonds. The zero-order valence-electron chi connectivity index (χ0n) is 11.9. The summed E-state index contributed by atoms with van der Waals surface area (Å²) >= 11 is 0. The maximum absolute atomic E-state index is 9.11. The van der Waals surface area contributed by atoms with Crippen molar-refractivity contribution >= 4 is 5.69 Å². The molecule has 2 unspecified atom stereocenters. The largest absolute Gasteiger partial charge is 0.397 e. The van der Waals surface area contributed by atoms with Crippen LogP contribution in [-0.4, -0.2) is 36.7 Å². The monoisotopic (exact) mass is 271 g/mol. The molecular formula is C16H21N3O. The van der Waals surface area contributed by atoms with Crippen LogP contribution >= 0.6 is 0 Å². The Labute approximate surface area is 120 Å². The summed E-state index contributed by atoms with van der Waals surface area (Å²) in [6, 6.07) is 6.21. The number of fused-ring (bicyclic) bond motifs is 2. The fourth-order valence-electron chi connectivity index (χ4n) is 3.28. The van der Waals surface area contributed by atoms with E-state index in [0.29, 0.717) is 23.5 Å². The van der Waals surface area contributed by atoms with Crippen molar-refractivity contribution in [3.8, 4) is 6.07 Å². The Kier molecular flexibility index (Phi) is 3.64. The Balaban J connectivity index is 1.64. The number of nitrogens with zero attached hydrogens (tertiary/aromatic N) is 2. The summed E-state index contributed by atoms with van der Waals surface area (Å²) in [6.45, 7) is 5.10. The minimum Gasteiger partial charge on any atom is -0.397 e. The summed E-state index contributed by atoms with van der Waals surface area (Å²) in [7, 11) is 0. The summed E-state index contributed by atoms with van der Waals surface area (Å²) in [6.07, 6.45) is 4.27. The van der Waals surface area contributed by atoms with Gasteiger partial charge in [0.15, 0.2) is 0 Å². The van der Waals surface area contributed by atoms with Gasteiger partial charge in [-0.1, -0.05) is 6.07 Å². The van der Waals surface area contributed by atoms with Crippen LogP contribution in [0.4, 0.5) is 5.69 Å². The van der Waals surface area contributed by atoms with E-state index in [1.165, 1.54) is 18.4 Å². The van der Waals surface area contributed by atoms with Crippen LogP contribution in [0.25, 0.3) is 0 Å². The van der Waals surface area contributed by atoms with Crippen molar-refractivity contribution < 1.29 is 4.74 Å². The smallest absolute Gasteiger partial charge is 0.101 e. The number of nitriles is 1. The van der Waals surface area contributed by atoms with Crippen LogP contribution in [0.15, 0.2) is 12.1 Å². The van der Waals surface area contributed by atoms with Crippen LogP contribution < -0.4 is 5.73 Å². The highest BCUT2D eigenvalue weighted by Crippen LogP contribution is 2.26. The number of hydrogen-bond acceptors (Lipinski definition) is 4. The summed E-state index contributed by atoms with van der Waals surface area (Å²) in [4.78, 5) is 2.49. The zero-order chi connectivity index (χ0) is 14.1. The van der Waals surface area contributed by atoms with Gasteiger partial charge >= 0.3 is 0 Å². The molecular weight excluding hydrogens is 250 g/mol. The van der Waals surface area contributed by atoms with Crippen LogP contribution in [0, 0.1) is 18.3 Å². The molecule has 0 aromatic heterocycles. The number of likely N-dealkylation sites (tertiary alicyclic amines) is 1. The van der Waals surface area contributed by atoms with Gasteiger partial charge in [-0.3, -0.25) is 4.90 Å². The summed E-state index contributed by atoms with van der Waals surface area (Å²) in [5.41, 5.74) is 9.31. The molecule has 3 rings (SSSR count). The molecule has 0 saturated carbocycles. The second-order valence-electron chi connectivity index (χ2n) is 5.95. The number of benzene rings is 1. The Hall–Kier alpha value is -1.57. The standard InChI is InChI=1S/C16H21N3O/c1-11-6-12(7-13(8-17)16(11)18)4-5-19-9-14-2-3-15(10-19)20-14/h6-7,14-15H,2-5,9-10,18H2,1H3. The lowest BCUT2D eigenvalue weighted by molar-refractivity contribution is -0.0377. The SMILES string of the molecule is Cc1cc(CCN2CC3CCC(C2)O3)cc(C#N)c1N. The quantitative estimate of drug-likeness (QED) is 0.852. The average molecular weight is 271 g/mol. The maximum atomic E-state index is 9.11. The predicted octanol–water partition coefficient (Wildman–Crippen LogP) is 1.85. The molecule has 2 N–H and O–H groups in total. The van der Waals surface area contributed by atoms with E-state index in [0.717, 1.165) is 31.6 Å². The molecule has 0 aliphatic carbocycles. The average Bonchev–Trinajstić information content (AvgIpc) is 2.79. The molecule has 0 spiro atoms. The Bertz CT molecular complexity index is 537. The lowest BCUT2D eigenvalue weighted by Crippen LogP contribution is -2.43. The van der Waals surface area contributed by atoms with Gasteiger partial charge in [-0.15, -0.1) is 0 Å². The van der Waals surface area contributed by atoms with E-state index in [4.69, 9.17) is 15.7 Å². The predicted molar refractivity (Wildman–Crippen MR) is 78.3 cm³/mol. The highest BCUT2D eigenvalue weighted by Gasteiger charge is 2.33. The van der Waals surface area contributed by atoms with Crippen LogP contribution in [0.1, 0.15) is 29.5 Å². The third-order valence-corrected chi connectivity index (χ3v) is 4.40. The number of ether oxygens (including phenoxy) is 1. The minimum atomic E-state index is 0.441. The molecule has 2 aliphatic rings. The van der Waals surface area contributed by atoms with Gasteiger partial charge in [-0.2, -0.15) is 5.26 Å². The van der Waals surface area contributed by atoms with Crippen LogP contribution in [0.5, 0.6) is 0 Å². The van der Waals surface area contributed by atoms with E-state index in [2.05, 4.69) is 17.0 Å². The second-order valence-corrected chi connectivity index (χ2v) is 5.95. The van der Waals surface area contributed by atoms with Crippen molar-refractivity contribution in [2.45, 2.75) is 38.4 Å². The molecule has 1 aromatic carbocycles. The van der Waals surface area contributed by atoms with Crippen molar-refractivity contribution in [2.75, 3.05) is 25.4 Å². The second kappa shape index (κ2) is 5.43. The first kappa shape index (κ1) is 13.4. The molecule has 1 aromatic rings. The van der Waals surface area contributed by atoms with Gasteiger partial charge in [0.2, 0.25) is 0 Å². The Morgan fingerprint density at radius 2 is 2.05 bits per heavy atom. The van der Waals surface area contributed by atoms with Crippen molar-refractivity contribution in [2.24, 2.45) is 0 Å². The number of nitrogens with two attached hydrogens (primary N) is 1. The van der Waals surface area contributed by atoms with Crippen LogP contribution in [0.2, 0.25) is 0 Å². The van der Waals surface area contributed by atoms with Gasteiger partial charge in [-0.25, -0.2) is 0 Å². The van der Waals surface area contributed by atoms with Gasteiger partial charge in [0.25, 0.3) is 0 Å². The number of morpholine rings is 1. The van der Waals surface area contributed by atoms with Crippen molar-refractivity contribution in [3.05, 3.63) is 28.8 Å². The first-order valence-corrected chi connectivity index (χ1v) is 7.32. The first-order chi connectivity index (χ1) is 9.65. The fourth-order valence-corrected chi connectivity index (χ4v) is 3.28. The zero-order valence-corrected chi connectivity index (χ0v) is 11.9. The van der Waals surface area contributed by atoms with Gasteiger partial charge in [-0.05, 0) is 43.4 Å². The molecule has 106 valence electrons. The molecule has 2 atom stereocenters. The summed E-state index contributed by atoms with van der Waals surface area (Å²) in [5, 5.41) is 9.11. The third-order valence-electron chi connectivity index (χ3n) is 4.40. The lowest BCUT2D eigenvalue weighted by atomic mass is 10.0.